The second-order valence-corrected chi connectivity index (χ2v) is 7.26. The monoisotopic (exact) mass is 355 g/mol. The molecule has 1 unspecified atom stereocenters. The van der Waals surface area contributed by atoms with Crippen LogP contribution in [-0.2, 0) is 13.0 Å². The van der Waals surface area contributed by atoms with Crippen LogP contribution in [-0.4, -0.2) is 32.8 Å². The Morgan fingerprint density at radius 3 is 3.17 bits per heavy atom. The van der Waals surface area contributed by atoms with Gasteiger partial charge in [-0.3, -0.25) is 4.98 Å². The van der Waals surface area contributed by atoms with Crippen LogP contribution in [0.3, 0.4) is 0 Å². The van der Waals surface area contributed by atoms with Crippen molar-refractivity contribution in [1.29, 1.82) is 0 Å². The second-order valence-electron chi connectivity index (χ2n) is 5.87. The Morgan fingerprint density at radius 2 is 2.29 bits per heavy atom. The summed E-state index contributed by atoms with van der Waals surface area (Å²) in [6.45, 7) is 0.840. The summed E-state index contributed by atoms with van der Waals surface area (Å²) in [7, 11) is 0. The minimum atomic E-state index is 0.0174. The van der Waals surface area contributed by atoms with E-state index in [1.54, 1.807) is 17.5 Å². The van der Waals surface area contributed by atoms with Crippen molar-refractivity contribution in [3.63, 3.8) is 0 Å². The van der Waals surface area contributed by atoms with E-state index in [4.69, 9.17) is 12.2 Å². The van der Waals surface area contributed by atoms with Crippen LogP contribution in [0.2, 0.25) is 0 Å². The van der Waals surface area contributed by atoms with E-state index in [1.807, 2.05) is 30.5 Å². The molecule has 0 bridgehead atoms. The Bertz CT molecular complexity index is 887. The zero-order valence-electron chi connectivity index (χ0n) is 13.0. The van der Waals surface area contributed by atoms with Crippen LogP contribution in [0, 0.1) is 0 Å². The van der Waals surface area contributed by atoms with Gasteiger partial charge in [0.15, 0.2) is 5.11 Å². The Labute approximate surface area is 149 Å². The molecule has 0 saturated heterocycles. The van der Waals surface area contributed by atoms with Gasteiger partial charge in [0.25, 0.3) is 0 Å². The van der Waals surface area contributed by atoms with Gasteiger partial charge in [0.2, 0.25) is 0 Å². The van der Waals surface area contributed by atoms with Gasteiger partial charge in [0.05, 0.1) is 19.2 Å². The smallest absolute Gasteiger partial charge is 0.174 e. The summed E-state index contributed by atoms with van der Waals surface area (Å²) >= 11 is 7.41. The first kappa shape index (κ1) is 15.5. The zero-order valence-corrected chi connectivity index (χ0v) is 14.6. The highest BCUT2D eigenvalue weighted by Crippen LogP contribution is 2.29. The number of fused-ring (bicyclic) bond motifs is 2. The fraction of sp³-hybridized carbons (Fsp3) is 0.222. The first-order chi connectivity index (χ1) is 11.8. The van der Waals surface area contributed by atoms with Gasteiger partial charge in [-0.1, -0.05) is 12.1 Å². The van der Waals surface area contributed by atoms with E-state index in [-0.39, 0.29) is 12.6 Å². The normalized spacial score (nSPS) is 16.9. The zero-order chi connectivity index (χ0) is 16.5. The standard InChI is InChI=1S/C18H17N3OS2/c22-11-14-8-12-5-7-24-17(12)10-21(14)18(23)20-16-3-1-2-13-9-19-6-4-15(13)16/h1-7,9,14,22H,8,10-11H2,(H,20,23). The molecule has 24 heavy (non-hydrogen) atoms. The molecule has 0 aliphatic carbocycles. The first-order valence-corrected chi connectivity index (χ1v) is 9.11. The van der Waals surface area contributed by atoms with Crippen LogP contribution >= 0.6 is 23.6 Å². The lowest BCUT2D eigenvalue weighted by Crippen LogP contribution is -2.47. The maximum absolute atomic E-state index is 9.78. The number of rotatable bonds is 2. The SMILES string of the molecule is OCC1Cc2ccsc2CN1C(=S)Nc1cccc2cnccc12. The number of nitrogens with zero attached hydrogens (tertiary/aromatic N) is 2. The highest BCUT2D eigenvalue weighted by molar-refractivity contribution is 7.80. The van der Waals surface area contributed by atoms with Crippen molar-refractivity contribution < 1.29 is 5.11 Å². The van der Waals surface area contributed by atoms with E-state index in [0.717, 1.165) is 29.4 Å². The molecule has 4 rings (SSSR count). The van der Waals surface area contributed by atoms with Gasteiger partial charge >= 0.3 is 0 Å². The summed E-state index contributed by atoms with van der Waals surface area (Å²) < 4.78 is 0. The average molecular weight is 355 g/mol. The number of pyridine rings is 1. The second kappa shape index (κ2) is 6.47. The van der Waals surface area contributed by atoms with Gasteiger partial charge in [-0.2, -0.15) is 0 Å². The van der Waals surface area contributed by atoms with E-state index in [2.05, 4.69) is 26.6 Å². The quantitative estimate of drug-likeness (QED) is 0.690. The van der Waals surface area contributed by atoms with E-state index < -0.39 is 0 Å². The minimum Gasteiger partial charge on any atom is -0.394 e. The van der Waals surface area contributed by atoms with Crippen molar-refractivity contribution in [2.75, 3.05) is 11.9 Å². The summed E-state index contributed by atoms with van der Waals surface area (Å²) in [5, 5.41) is 18.1. The highest BCUT2D eigenvalue weighted by Gasteiger charge is 2.28. The van der Waals surface area contributed by atoms with Gasteiger partial charge < -0.3 is 15.3 Å². The van der Waals surface area contributed by atoms with Crippen molar-refractivity contribution in [3.05, 3.63) is 58.5 Å². The molecular formula is C18H17N3OS2. The molecule has 0 fully saturated rings. The Morgan fingerprint density at radius 1 is 1.38 bits per heavy atom. The molecule has 2 aromatic heterocycles. The van der Waals surface area contributed by atoms with E-state index in [9.17, 15) is 5.11 Å². The molecule has 0 amide bonds. The summed E-state index contributed by atoms with van der Waals surface area (Å²) in [4.78, 5) is 7.58. The Balaban J connectivity index is 1.61. The summed E-state index contributed by atoms with van der Waals surface area (Å²) in [5.74, 6) is 0. The van der Waals surface area contributed by atoms with Gasteiger partial charge in [0, 0.05) is 33.7 Å². The van der Waals surface area contributed by atoms with E-state index in [0.29, 0.717) is 5.11 Å². The summed E-state index contributed by atoms with van der Waals surface area (Å²) in [6, 6.07) is 10.2. The number of nitrogens with one attached hydrogen (secondary N) is 1. The number of hydrogen-bond acceptors (Lipinski definition) is 4. The molecule has 4 nitrogen and oxygen atoms in total. The van der Waals surface area contributed by atoms with Gasteiger partial charge in [-0.25, -0.2) is 0 Å². The fourth-order valence-corrected chi connectivity index (χ4v) is 4.39. The minimum absolute atomic E-state index is 0.0174. The van der Waals surface area contributed by atoms with Gasteiger partial charge in [0.1, 0.15) is 0 Å². The van der Waals surface area contributed by atoms with Crippen LogP contribution in [0.1, 0.15) is 10.4 Å². The molecule has 1 aromatic carbocycles. The molecule has 1 aliphatic heterocycles. The maximum atomic E-state index is 9.78. The van der Waals surface area contributed by atoms with Crippen molar-refractivity contribution >= 4 is 45.1 Å². The Hall–Kier alpha value is -2.02. The lowest BCUT2D eigenvalue weighted by molar-refractivity contribution is 0.169. The average Bonchev–Trinajstić information content (AvgIpc) is 3.08. The molecule has 1 aliphatic rings. The molecule has 3 aromatic rings. The van der Waals surface area contributed by atoms with Crippen molar-refractivity contribution in [3.8, 4) is 0 Å². The fourth-order valence-electron chi connectivity index (χ4n) is 3.15. The van der Waals surface area contributed by atoms with Crippen LogP contribution in [0.5, 0.6) is 0 Å². The molecule has 122 valence electrons. The molecule has 0 radical (unpaired) electrons. The molecule has 6 heteroatoms. The summed E-state index contributed by atoms with van der Waals surface area (Å²) in [6.07, 6.45) is 4.46. The molecule has 1 atom stereocenters. The van der Waals surface area contributed by atoms with E-state index in [1.165, 1.54) is 10.4 Å². The summed E-state index contributed by atoms with van der Waals surface area (Å²) in [5.41, 5.74) is 2.29. The number of aromatic nitrogens is 1. The van der Waals surface area contributed by atoms with Crippen molar-refractivity contribution in [2.45, 2.75) is 19.0 Å². The predicted molar refractivity (Wildman–Crippen MR) is 102 cm³/mol. The molecule has 3 heterocycles. The number of aliphatic hydroxyl groups excluding tert-OH is 1. The topological polar surface area (TPSA) is 48.4 Å². The van der Waals surface area contributed by atoms with Crippen LogP contribution in [0.15, 0.2) is 48.1 Å². The molecule has 0 saturated carbocycles. The lowest BCUT2D eigenvalue weighted by atomic mass is 10.0. The van der Waals surface area contributed by atoms with Crippen molar-refractivity contribution in [2.24, 2.45) is 0 Å². The third-order valence-corrected chi connectivity index (χ3v) is 5.73. The number of thiocarbonyl (C=S) groups is 1. The Kier molecular flexibility index (Phi) is 4.18. The van der Waals surface area contributed by atoms with Crippen LogP contribution in [0.25, 0.3) is 10.8 Å². The van der Waals surface area contributed by atoms with E-state index >= 15 is 0 Å². The third-order valence-electron chi connectivity index (χ3n) is 4.44. The first-order valence-electron chi connectivity index (χ1n) is 7.82. The predicted octanol–water partition coefficient (Wildman–Crippen LogP) is 3.41. The van der Waals surface area contributed by atoms with Gasteiger partial charge in [-0.05, 0) is 47.8 Å². The van der Waals surface area contributed by atoms with Crippen LogP contribution in [0.4, 0.5) is 5.69 Å². The number of aliphatic hydroxyl groups is 1. The number of thiophene rings is 1. The van der Waals surface area contributed by atoms with Crippen molar-refractivity contribution in [1.82, 2.24) is 9.88 Å². The van der Waals surface area contributed by atoms with Crippen LogP contribution < -0.4 is 5.32 Å². The maximum Gasteiger partial charge on any atom is 0.174 e. The molecule has 0 spiro atoms. The number of anilines is 1. The highest BCUT2D eigenvalue weighted by atomic mass is 32.1. The largest absolute Gasteiger partial charge is 0.394 e. The molecule has 2 N–H and O–H groups in total. The third kappa shape index (κ3) is 2.77. The molecular weight excluding hydrogens is 338 g/mol. The van der Waals surface area contributed by atoms with Gasteiger partial charge in [-0.15, -0.1) is 11.3 Å². The lowest BCUT2D eigenvalue weighted by Gasteiger charge is -2.36. The number of benzene rings is 1. The number of hydrogen-bond donors (Lipinski definition) is 2.